The van der Waals surface area contributed by atoms with Crippen LogP contribution in [0, 0.1) is 5.92 Å². The van der Waals surface area contributed by atoms with Gasteiger partial charge in [-0.25, -0.2) is 0 Å². The SMILES string of the molecule is C=CCN1CCC2(c3cccc(OC(C)=O)c3)C[C@H](N(C)C(=O)c3ccccc3)CC(OC)C2C1. The number of methoxy groups -OCH3 is 1. The van der Waals surface area contributed by atoms with Gasteiger partial charge in [-0.05, 0) is 55.6 Å². The first-order valence-electron chi connectivity index (χ1n) is 12.3. The lowest BCUT2D eigenvalue weighted by Crippen LogP contribution is -2.61. The Morgan fingerprint density at radius 2 is 1.97 bits per heavy atom. The number of ether oxygens (including phenoxy) is 2. The van der Waals surface area contributed by atoms with E-state index in [0.717, 1.165) is 44.5 Å². The third-order valence-electron chi connectivity index (χ3n) is 7.84. The molecule has 0 aromatic heterocycles. The van der Waals surface area contributed by atoms with E-state index in [1.54, 1.807) is 7.11 Å². The predicted molar refractivity (Wildman–Crippen MR) is 137 cm³/mol. The second-order valence-corrected chi connectivity index (χ2v) is 9.83. The third kappa shape index (κ3) is 5.19. The number of piperidine rings is 1. The number of carbonyl (C=O) groups is 2. The van der Waals surface area contributed by atoms with E-state index in [2.05, 4.69) is 17.5 Å². The Bertz CT molecular complexity index is 1060. The molecule has 2 fully saturated rings. The summed E-state index contributed by atoms with van der Waals surface area (Å²) in [6, 6.07) is 17.4. The van der Waals surface area contributed by atoms with Gasteiger partial charge < -0.3 is 14.4 Å². The number of esters is 1. The van der Waals surface area contributed by atoms with Crippen LogP contribution < -0.4 is 4.74 Å². The molecule has 35 heavy (non-hydrogen) atoms. The maximum absolute atomic E-state index is 13.4. The summed E-state index contributed by atoms with van der Waals surface area (Å²) in [4.78, 5) is 29.3. The molecular weight excluding hydrogens is 440 g/mol. The molecule has 2 aliphatic rings. The van der Waals surface area contributed by atoms with Gasteiger partial charge in [-0.1, -0.05) is 36.4 Å². The third-order valence-corrected chi connectivity index (χ3v) is 7.84. The maximum atomic E-state index is 13.4. The second kappa shape index (κ2) is 10.8. The molecule has 0 spiro atoms. The minimum Gasteiger partial charge on any atom is -0.427 e. The van der Waals surface area contributed by atoms with Crippen molar-refractivity contribution in [3.63, 3.8) is 0 Å². The van der Waals surface area contributed by atoms with Crippen molar-refractivity contribution in [2.24, 2.45) is 5.92 Å². The Labute approximate surface area is 208 Å². The number of hydrogen-bond acceptors (Lipinski definition) is 5. The van der Waals surface area contributed by atoms with E-state index >= 15 is 0 Å². The predicted octanol–water partition coefficient (Wildman–Crippen LogP) is 4.31. The number of benzene rings is 2. The van der Waals surface area contributed by atoms with E-state index in [1.165, 1.54) is 6.92 Å². The molecule has 1 amide bonds. The molecular formula is C29H36N2O4. The minimum absolute atomic E-state index is 0.00947. The van der Waals surface area contributed by atoms with Crippen molar-refractivity contribution in [3.05, 3.63) is 78.4 Å². The van der Waals surface area contributed by atoms with Crippen molar-refractivity contribution in [2.75, 3.05) is 33.8 Å². The molecule has 6 heteroatoms. The van der Waals surface area contributed by atoms with E-state index in [4.69, 9.17) is 9.47 Å². The molecule has 1 aliphatic carbocycles. The van der Waals surface area contributed by atoms with Gasteiger partial charge in [-0.3, -0.25) is 14.5 Å². The first kappa shape index (κ1) is 25.1. The van der Waals surface area contributed by atoms with Gasteiger partial charge >= 0.3 is 5.97 Å². The van der Waals surface area contributed by atoms with Gasteiger partial charge in [0.1, 0.15) is 5.75 Å². The van der Waals surface area contributed by atoms with E-state index in [-0.39, 0.29) is 35.4 Å². The smallest absolute Gasteiger partial charge is 0.308 e. The van der Waals surface area contributed by atoms with E-state index < -0.39 is 0 Å². The van der Waals surface area contributed by atoms with Crippen LogP contribution in [0.5, 0.6) is 5.75 Å². The van der Waals surface area contributed by atoms with Crippen LogP contribution in [0.4, 0.5) is 0 Å². The molecule has 186 valence electrons. The van der Waals surface area contributed by atoms with Gasteiger partial charge in [0.2, 0.25) is 0 Å². The molecule has 1 saturated heterocycles. The van der Waals surface area contributed by atoms with Crippen LogP contribution >= 0.6 is 0 Å². The highest BCUT2D eigenvalue weighted by atomic mass is 16.5. The summed E-state index contributed by atoms with van der Waals surface area (Å²) in [6.45, 7) is 8.01. The fourth-order valence-corrected chi connectivity index (χ4v) is 6.12. The summed E-state index contributed by atoms with van der Waals surface area (Å²) in [6.07, 6.45) is 4.49. The van der Waals surface area contributed by atoms with Gasteiger partial charge in [0.15, 0.2) is 0 Å². The zero-order chi connectivity index (χ0) is 25.0. The van der Waals surface area contributed by atoms with E-state index in [9.17, 15) is 9.59 Å². The van der Waals surface area contributed by atoms with Crippen LogP contribution in [0.25, 0.3) is 0 Å². The normalized spacial score (nSPS) is 26.4. The largest absolute Gasteiger partial charge is 0.427 e. The van der Waals surface area contributed by atoms with Crippen LogP contribution in [0.15, 0.2) is 67.3 Å². The number of rotatable bonds is 7. The Hall–Kier alpha value is -2.96. The monoisotopic (exact) mass is 476 g/mol. The van der Waals surface area contributed by atoms with Crippen molar-refractivity contribution in [3.8, 4) is 5.75 Å². The van der Waals surface area contributed by atoms with Gasteiger partial charge in [-0.15, -0.1) is 6.58 Å². The summed E-state index contributed by atoms with van der Waals surface area (Å²) in [7, 11) is 3.68. The topological polar surface area (TPSA) is 59.1 Å². The molecule has 6 nitrogen and oxygen atoms in total. The van der Waals surface area contributed by atoms with Crippen LogP contribution in [-0.2, 0) is 14.9 Å². The van der Waals surface area contributed by atoms with Crippen molar-refractivity contribution < 1.29 is 19.1 Å². The highest BCUT2D eigenvalue weighted by molar-refractivity contribution is 5.94. The fourth-order valence-electron chi connectivity index (χ4n) is 6.12. The first-order chi connectivity index (χ1) is 16.9. The van der Waals surface area contributed by atoms with Crippen LogP contribution in [0.3, 0.4) is 0 Å². The molecule has 2 aromatic carbocycles. The van der Waals surface area contributed by atoms with Gasteiger partial charge in [0.05, 0.1) is 6.10 Å². The highest BCUT2D eigenvalue weighted by Crippen LogP contribution is 2.51. The van der Waals surface area contributed by atoms with Gasteiger partial charge in [0.25, 0.3) is 5.91 Å². The molecule has 0 radical (unpaired) electrons. The van der Waals surface area contributed by atoms with Crippen LogP contribution in [-0.4, -0.2) is 67.6 Å². The van der Waals surface area contributed by atoms with E-state index in [1.807, 2.05) is 66.6 Å². The van der Waals surface area contributed by atoms with Crippen LogP contribution in [0.2, 0.25) is 0 Å². The summed E-state index contributed by atoms with van der Waals surface area (Å²) in [5.74, 6) is 0.491. The average molecular weight is 477 g/mol. The molecule has 1 aliphatic heterocycles. The molecule has 3 unspecified atom stereocenters. The zero-order valence-electron chi connectivity index (χ0n) is 21.0. The quantitative estimate of drug-likeness (QED) is 0.339. The van der Waals surface area contributed by atoms with E-state index in [0.29, 0.717) is 11.3 Å². The maximum Gasteiger partial charge on any atom is 0.308 e. The summed E-state index contributed by atoms with van der Waals surface area (Å²) in [5, 5.41) is 0. The number of hydrogen-bond donors (Lipinski definition) is 0. The summed E-state index contributed by atoms with van der Waals surface area (Å²) < 4.78 is 11.6. The lowest BCUT2D eigenvalue weighted by molar-refractivity contribution is -0.131. The number of likely N-dealkylation sites (tertiary alicyclic amines) is 1. The Morgan fingerprint density at radius 3 is 2.66 bits per heavy atom. The Kier molecular flexibility index (Phi) is 7.72. The standard InChI is InChI=1S/C29H36N2O4/c1-5-15-31-16-14-29(23-12-9-13-25(17-23)35-21(2)32)19-24(18-27(34-4)26(29)20-31)30(3)28(33)22-10-7-6-8-11-22/h5-13,17,24,26-27H,1,14-16,18-20H2,2-4H3/t24-,26?,27?,29?/m1/s1. The Balaban J connectivity index is 1.72. The lowest BCUT2D eigenvalue weighted by Gasteiger charge is -2.56. The number of nitrogens with zero attached hydrogens (tertiary/aromatic N) is 2. The van der Waals surface area contributed by atoms with Crippen molar-refractivity contribution in [1.29, 1.82) is 0 Å². The van der Waals surface area contributed by atoms with Crippen molar-refractivity contribution >= 4 is 11.9 Å². The van der Waals surface area contributed by atoms with Crippen molar-refractivity contribution in [1.82, 2.24) is 9.80 Å². The van der Waals surface area contributed by atoms with Crippen LogP contribution in [0.1, 0.15) is 42.1 Å². The fraction of sp³-hybridized carbons (Fsp3) is 0.448. The lowest BCUT2D eigenvalue weighted by atomic mass is 9.56. The second-order valence-electron chi connectivity index (χ2n) is 9.83. The first-order valence-corrected chi connectivity index (χ1v) is 12.3. The molecule has 1 saturated carbocycles. The Morgan fingerprint density at radius 1 is 1.20 bits per heavy atom. The zero-order valence-corrected chi connectivity index (χ0v) is 21.0. The average Bonchev–Trinajstić information content (AvgIpc) is 2.87. The molecule has 0 bridgehead atoms. The molecule has 4 rings (SSSR count). The molecule has 1 heterocycles. The molecule has 4 atom stereocenters. The summed E-state index contributed by atoms with van der Waals surface area (Å²) in [5.41, 5.74) is 1.63. The number of fused-ring (bicyclic) bond motifs is 1. The van der Waals surface area contributed by atoms with Crippen molar-refractivity contribution in [2.45, 2.75) is 43.7 Å². The van der Waals surface area contributed by atoms with Gasteiger partial charge in [-0.2, -0.15) is 0 Å². The summed E-state index contributed by atoms with van der Waals surface area (Å²) >= 11 is 0. The van der Waals surface area contributed by atoms with Gasteiger partial charge in [0, 0.05) is 57.1 Å². The minimum atomic E-state index is -0.332. The highest BCUT2D eigenvalue weighted by Gasteiger charge is 2.53. The number of amides is 1. The number of carbonyl (C=O) groups excluding carboxylic acids is 2. The molecule has 2 aromatic rings. The molecule has 0 N–H and O–H groups in total.